The number of hydrogen-bond acceptors (Lipinski definition) is 3. The normalized spacial score (nSPS) is 13.0. The molecule has 0 aliphatic carbocycles. The van der Waals surface area contributed by atoms with Crippen molar-refractivity contribution in [3.05, 3.63) is 58.6 Å². The fraction of sp³-hybridized carbons (Fsp3) is 0.214. The Balaban J connectivity index is 1.84. The van der Waals surface area contributed by atoms with Crippen LogP contribution in [0, 0.1) is 12.7 Å². The molecule has 3 rings (SSSR count). The van der Waals surface area contributed by atoms with Crippen LogP contribution in [0.25, 0.3) is 4.96 Å². The maximum atomic E-state index is 13.8. The lowest BCUT2D eigenvalue weighted by Gasteiger charge is -2.10. The zero-order valence-corrected chi connectivity index (χ0v) is 11.2. The highest BCUT2D eigenvalue weighted by molar-refractivity contribution is 7.15. The van der Waals surface area contributed by atoms with Crippen molar-refractivity contribution in [3.63, 3.8) is 0 Å². The van der Waals surface area contributed by atoms with Gasteiger partial charge in [-0.25, -0.2) is 9.37 Å². The van der Waals surface area contributed by atoms with E-state index in [1.165, 1.54) is 17.4 Å². The number of thiazole rings is 1. The molecule has 3 aromatic rings. The highest BCUT2D eigenvalue weighted by atomic mass is 32.1. The number of aryl methyl sites for hydroxylation is 1. The lowest BCUT2D eigenvalue weighted by molar-refractivity contribution is 0.172. The number of halogens is 1. The number of benzene rings is 1. The number of aliphatic hydroxyl groups excluding tert-OH is 1. The number of fused-ring (bicyclic) bond motifs is 1. The minimum atomic E-state index is -0.870. The van der Waals surface area contributed by atoms with Gasteiger partial charge in [0, 0.05) is 29.8 Å². The summed E-state index contributed by atoms with van der Waals surface area (Å²) < 4.78 is 15.7. The zero-order valence-electron chi connectivity index (χ0n) is 10.4. The summed E-state index contributed by atoms with van der Waals surface area (Å²) in [7, 11) is 0. The Kier molecular flexibility index (Phi) is 3.08. The van der Waals surface area contributed by atoms with Gasteiger partial charge in [0.05, 0.1) is 11.8 Å². The average Bonchev–Trinajstić information content (AvgIpc) is 2.89. The van der Waals surface area contributed by atoms with Crippen LogP contribution in [0.4, 0.5) is 4.39 Å². The van der Waals surface area contributed by atoms with Gasteiger partial charge in [0.15, 0.2) is 4.96 Å². The first-order valence-corrected chi connectivity index (χ1v) is 6.86. The zero-order chi connectivity index (χ0) is 13.4. The van der Waals surface area contributed by atoms with Crippen molar-refractivity contribution in [2.45, 2.75) is 19.4 Å². The van der Waals surface area contributed by atoms with Crippen molar-refractivity contribution in [1.82, 2.24) is 9.38 Å². The molecule has 0 aliphatic heterocycles. The molecule has 0 amide bonds. The molecule has 0 radical (unpaired) electrons. The Bertz CT molecular complexity index is 691. The minimum absolute atomic E-state index is 0.314. The van der Waals surface area contributed by atoms with Crippen LogP contribution in [-0.2, 0) is 6.42 Å². The molecule has 0 spiro atoms. The molecular formula is C14H13FN2OS. The maximum Gasteiger partial charge on any atom is 0.193 e. The second-order valence-corrected chi connectivity index (χ2v) is 5.44. The molecule has 3 nitrogen and oxygen atoms in total. The number of imidazole rings is 1. The van der Waals surface area contributed by atoms with E-state index < -0.39 is 6.10 Å². The van der Waals surface area contributed by atoms with E-state index in [0.717, 1.165) is 16.2 Å². The van der Waals surface area contributed by atoms with Gasteiger partial charge in [-0.3, -0.25) is 4.40 Å². The van der Waals surface area contributed by atoms with Crippen LogP contribution < -0.4 is 0 Å². The van der Waals surface area contributed by atoms with Crippen LogP contribution in [0.15, 0.2) is 36.0 Å². The van der Waals surface area contributed by atoms with E-state index in [-0.39, 0.29) is 5.82 Å². The van der Waals surface area contributed by atoms with Crippen molar-refractivity contribution in [2.24, 2.45) is 0 Å². The Labute approximate surface area is 114 Å². The third-order valence-corrected chi connectivity index (χ3v) is 3.83. The summed E-state index contributed by atoms with van der Waals surface area (Å²) in [5.41, 5.74) is 1.93. The molecule has 2 aromatic heterocycles. The summed E-state index contributed by atoms with van der Waals surface area (Å²) >= 11 is 1.53. The van der Waals surface area contributed by atoms with E-state index in [1.54, 1.807) is 12.1 Å². The molecule has 1 N–H and O–H groups in total. The summed E-state index contributed by atoms with van der Waals surface area (Å²) in [5.74, 6) is -0.367. The lowest BCUT2D eigenvalue weighted by atomic mass is 10.0. The quantitative estimate of drug-likeness (QED) is 0.798. The third kappa shape index (κ3) is 2.39. The molecule has 5 heteroatoms. The monoisotopic (exact) mass is 276 g/mol. The van der Waals surface area contributed by atoms with Gasteiger partial charge in [-0.1, -0.05) is 12.1 Å². The highest BCUT2D eigenvalue weighted by Gasteiger charge is 2.15. The van der Waals surface area contributed by atoms with Gasteiger partial charge < -0.3 is 5.11 Å². The SMILES string of the molecule is Cc1ccc(C(O)Cc2cn3ccsc3n2)c(F)c1. The number of aromatic nitrogens is 2. The van der Waals surface area contributed by atoms with Crippen molar-refractivity contribution < 1.29 is 9.50 Å². The predicted octanol–water partition coefficient (Wildman–Crippen LogP) is 3.12. The largest absolute Gasteiger partial charge is 0.388 e. The smallest absolute Gasteiger partial charge is 0.193 e. The Morgan fingerprint density at radius 3 is 3.05 bits per heavy atom. The molecule has 98 valence electrons. The van der Waals surface area contributed by atoms with Gasteiger partial charge >= 0.3 is 0 Å². The number of aliphatic hydroxyl groups is 1. The Hall–Kier alpha value is -1.72. The van der Waals surface area contributed by atoms with E-state index in [1.807, 2.05) is 29.1 Å². The van der Waals surface area contributed by atoms with Crippen LogP contribution in [0.3, 0.4) is 0 Å². The molecule has 1 unspecified atom stereocenters. The molecule has 0 aliphatic rings. The van der Waals surface area contributed by atoms with E-state index >= 15 is 0 Å². The van der Waals surface area contributed by atoms with Crippen molar-refractivity contribution >= 4 is 16.3 Å². The summed E-state index contributed by atoms with van der Waals surface area (Å²) in [5, 5.41) is 12.1. The molecule has 1 atom stereocenters. The van der Waals surface area contributed by atoms with E-state index in [2.05, 4.69) is 4.98 Å². The fourth-order valence-electron chi connectivity index (χ4n) is 2.08. The maximum absolute atomic E-state index is 13.8. The van der Waals surface area contributed by atoms with Crippen molar-refractivity contribution in [3.8, 4) is 0 Å². The highest BCUT2D eigenvalue weighted by Crippen LogP contribution is 2.22. The van der Waals surface area contributed by atoms with Crippen LogP contribution in [0.1, 0.15) is 22.9 Å². The third-order valence-electron chi connectivity index (χ3n) is 3.06. The van der Waals surface area contributed by atoms with Gasteiger partial charge in [-0.2, -0.15) is 0 Å². The summed E-state index contributed by atoms with van der Waals surface area (Å²) in [6.07, 6.45) is 3.22. The second-order valence-electron chi connectivity index (χ2n) is 4.57. The second kappa shape index (κ2) is 4.75. The average molecular weight is 276 g/mol. The van der Waals surface area contributed by atoms with Crippen LogP contribution in [0.2, 0.25) is 0 Å². The summed E-state index contributed by atoms with van der Waals surface area (Å²) in [4.78, 5) is 5.27. The molecule has 0 saturated heterocycles. The Morgan fingerprint density at radius 1 is 1.47 bits per heavy atom. The lowest BCUT2D eigenvalue weighted by Crippen LogP contribution is -2.05. The molecule has 0 saturated carbocycles. The molecule has 1 aromatic carbocycles. The molecular weight excluding hydrogens is 263 g/mol. The first-order valence-electron chi connectivity index (χ1n) is 5.98. The van der Waals surface area contributed by atoms with Crippen LogP contribution in [0.5, 0.6) is 0 Å². The fourth-order valence-corrected chi connectivity index (χ4v) is 2.80. The van der Waals surface area contributed by atoms with Crippen molar-refractivity contribution in [1.29, 1.82) is 0 Å². The first-order chi connectivity index (χ1) is 9.13. The minimum Gasteiger partial charge on any atom is -0.388 e. The van der Waals surface area contributed by atoms with Crippen LogP contribution in [-0.4, -0.2) is 14.5 Å². The van der Waals surface area contributed by atoms with Gasteiger partial charge in [0.25, 0.3) is 0 Å². The van der Waals surface area contributed by atoms with Crippen molar-refractivity contribution in [2.75, 3.05) is 0 Å². The molecule has 19 heavy (non-hydrogen) atoms. The van der Waals surface area contributed by atoms with E-state index in [9.17, 15) is 9.50 Å². The predicted molar refractivity (Wildman–Crippen MR) is 72.9 cm³/mol. The summed E-state index contributed by atoms with van der Waals surface area (Å²) in [6.45, 7) is 1.82. The van der Waals surface area contributed by atoms with Gasteiger partial charge in [0.1, 0.15) is 5.82 Å². The van der Waals surface area contributed by atoms with Gasteiger partial charge in [-0.15, -0.1) is 11.3 Å². The van der Waals surface area contributed by atoms with Crippen LogP contribution >= 0.6 is 11.3 Å². The summed E-state index contributed by atoms with van der Waals surface area (Å²) in [6, 6.07) is 4.87. The number of rotatable bonds is 3. The van der Waals surface area contributed by atoms with Gasteiger partial charge in [-0.05, 0) is 18.6 Å². The van der Waals surface area contributed by atoms with Gasteiger partial charge in [0.2, 0.25) is 0 Å². The van der Waals surface area contributed by atoms with E-state index in [4.69, 9.17) is 0 Å². The topological polar surface area (TPSA) is 37.5 Å². The molecule has 0 fully saturated rings. The molecule has 2 heterocycles. The molecule has 0 bridgehead atoms. The van der Waals surface area contributed by atoms with E-state index in [0.29, 0.717) is 12.0 Å². The first kappa shape index (κ1) is 12.3. The Morgan fingerprint density at radius 2 is 2.32 bits per heavy atom. The number of nitrogens with zero attached hydrogens (tertiary/aromatic N) is 2. The number of hydrogen-bond donors (Lipinski definition) is 1. The standard InChI is InChI=1S/C14H13FN2OS/c1-9-2-3-11(12(15)6-9)13(18)7-10-8-17-4-5-19-14(17)16-10/h2-6,8,13,18H,7H2,1H3.